The van der Waals surface area contributed by atoms with E-state index in [1.807, 2.05) is 31.2 Å². The van der Waals surface area contributed by atoms with Gasteiger partial charge in [-0.3, -0.25) is 14.3 Å². The summed E-state index contributed by atoms with van der Waals surface area (Å²) < 4.78 is 31.3. The SMILES string of the molecule is COc1ccc(-c2ccc3c(c2)N(C(=O)C2CC2)C[C@H](C)N3C(C)=O)cc1NS(C)(=O)=O. The quantitative estimate of drug-likeness (QED) is 0.744. The third-order valence-corrected chi connectivity index (χ3v) is 6.36. The molecular formula is C23H27N3O5S. The molecule has 170 valence electrons. The van der Waals surface area contributed by atoms with E-state index in [2.05, 4.69) is 4.72 Å². The number of rotatable bonds is 5. The van der Waals surface area contributed by atoms with Gasteiger partial charge >= 0.3 is 0 Å². The summed E-state index contributed by atoms with van der Waals surface area (Å²) in [6, 6.07) is 10.7. The maximum absolute atomic E-state index is 13.0. The second-order valence-electron chi connectivity index (χ2n) is 8.45. The van der Waals surface area contributed by atoms with Crippen molar-refractivity contribution < 1.29 is 22.7 Å². The van der Waals surface area contributed by atoms with Gasteiger partial charge in [0, 0.05) is 19.4 Å². The topological polar surface area (TPSA) is 96.0 Å². The molecule has 0 bridgehead atoms. The second kappa shape index (κ2) is 8.12. The van der Waals surface area contributed by atoms with E-state index in [-0.39, 0.29) is 23.8 Å². The molecule has 0 spiro atoms. The van der Waals surface area contributed by atoms with Gasteiger partial charge < -0.3 is 14.5 Å². The van der Waals surface area contributed by atoms with Crippen LogP contribution in [0.25, 0.3) is 11.1 Å². The van der Waals surface area contributed by atoms with E-state index >= 15 is 0 Å². The molecule has 1 atom stereocenters. The van der Waals surface area contributed by atoms with E-state index in [0.29, 0.717) is 29.4 Å². The maximum Gasteiger partial charge on any atom is 0.230 e. The number of hydrogen-bond donors (Lipinski definition) is 1. The number of anilines is 3. The highest BCUT2D eigenvalue weighted by Gasteiger charge is 2.39. The van der Waals surface area contributed by atoms with Crippen LogP contribution in [-0.2, 0) is 19.6 Å². The molecule has 9 heteroatoms. The van der Waals surface area contributed by atoms with Gasteiger partial charge in [0.25, 0.3) is 0 Å². The Morgan fingerprint density at radius 1 is 1.06 bits per heavy atom. The predicted octanol–water partition coefficient (Wildman–Crippen LogP) is 3.23. The Labute approximate surface area is 188 Å². The molecule has 1 heterocycles. The molecule has 2 aromatic rings. The summed E-state index contributed by atoms with van der Waals surface area (Å²) >= 11 is 0. The minimum absolute atomic E-state index is 0.0501. The number of benzene rings is 2. The predicted molar refractivity (Wildman–Crippen MR) is 125 cm³/mol. The van der Waals surface area contributed by atoms with Gasteiger partial charge in [0.2, 0.25) is 21.8 Å². The number of methoxy groups -OCH3 is 1. The van der Waals surface area contributed by atoms with Crippen LogP contribution in [0.5, 0.6) is 5.75 Å². The van der Waals surface area contributed by atoms with Gasteiger partial charge in [-0.15, -0.1) is 0 Å². The van der Waals surface area contributed by atoms with Crippen LogP contribution in [0, 0.1) is 5.92 Å². The molecule has 0 aromatic heterocycles. The Morgan fingerprint density at radius 2 is 1.72 bits per heavy atom. The molecule has 1 aliphatic heterocycles. The minimum atomic E-state index is -3.50. The standard InChI is InChI=1S/C23H27N3O5S/c1-14-13-25(23(28)16-5-6-16)21-12-18(7-9-20(21)26(14)15(2)27)17-8-10-22(31-3)19(11-17)24-32(4,29)30/h7-12,14,16,24H,5-6,13H2,1-4H3/t14-/m0/s1. The van der Waals surface area contributed by atoms with Crippen molar-refractivity contribution in [3.05, 3.63) is 36.4 Å². The van der Waals surface area contributed by atoms with Crippen LogP contribution in [0.15, 0.2) is 36.4 Å². The van der Waals surface area contributed by atoms with E-state index in [0.717, 1.165) is 30.2 Å². The number of nitrogens with zero attached hydrogens (tertiary/aromatic N) is 2. The van der Waals surface area contributed by atoms with Crippen LogP contribution in [0.3, 0.4) is 0 Å². The van der Waals surface area contributed by atoms with Crippen LogP contribution in [0.2, 0.25) is 0 Å². The maximum atomic E-state index is 13.0. The van der Waals surface area contributed by atoms with Crippen molar-refractivity contribution >= 4 is 38.9 Å². The first-order valence-electron chi connectivity index (χ1n) is 10.5. The molecule has 0 saturated heterocycles. The summed E-state index contributed by atoms with van der Waals surface area (Å²) in [4.78, 5) is 28.9. The van der Waals surface area contributed by atoms with E-state index in [1.165, 1.54) is 14.0 Å². The van der Waals surface area contributed by atoms with Gasteiger partial charge in [0.1, 0.15) is 5.75 Å². The molecule has 4 rings (SSSR count). The first kappa shape index (κ1) is 22.1. The van der Waals surface area contributed by atoms with Gasteiger partial charge in [-0.25, -0.2) is 8.42 Å². The number of amides is 2. The van der Waals surface area contributed by atoms with Crippen LogP contribution < -0.4 is 19.3 Å². The highest BCUT2D eigenvalue weighted by atomic mass is 32.2. The number of carbonyl (C=O) groups excluding carboxylic acids is 2. The molecular weight excluding hydrogens is 430 g/mol. The molecule has 0 radical (unpaired) electrons. The number of hydrogen-bond acceptors (Lipinski definition) is 5. The molecule has 2 amide bonds. The molecule has 2 aliphatic rings. The van der Waals surface area contributed by atoms with Crippen molar-refractivity contribution in [1.82, 2.24) is 0 Å². The zero-order valence-corrected chi connectivity index (χ0v) is 19.4. The number of sulfonamides is 1. The summed E-state index contributed by atoms with van der Waals surface area (Å²) in [7, 11) is -2.02. The summed E-state index contributed by atoms with van der Waals surface area (Å²) in [5.74, 6) is 0.468. The van der Waals surface area contributed by atoms with Gasteiger partial charge in [0.15, 0.2) is 0 Å². The number of carbonyl (C=O) groups is 2. The summed E-state index contributed by atoms with van der Waals surface area (Å²) in [5.41, 5.74) is 3.29. The summed E-state index contributed by atoms with van der Waals surface area (Å²) in [5, 5.41) is 0. The second-order valence-corrected chi connectivity index (χ2v) is 10.2. The van der Waals surface area contributed by atoms with Crippen molar-refractivity contribution in [2.75, 3.05) is 34.4 Å². The van der Waals surface area contributed by atoms with Gasteiger partial charge in [-0.1, -0.05) is 12.1 Å². The van der Waals surface area contributed by atoms with E-state index in [4.69, 9.17) is 4.74 Å². The fourth-order valence-electron chi connectivity index (χ4n) is 4.21. The minimum Gasteiger partial charge on any atom is -0.495 e. The average molecular weight is 458 g/mol. The Bertz CT molecular complexity index is 1190. The first-order chi connectivity index (χ1) is 15.1. The van der Waals surface area contributed by atoms with Crippen LogP contribution in [0.1, 0.15) is 26.7 Å². The lowest BCUT2D eigenvalue weighted by atomic mass is 9.99. The van der Waals surface area contributed by atoms with Crippen molar-refractivity contribution in [2.45, 2.75) is 32.7 Å². The van der Waals surface area contributed by atoms with Crippen LogP contribution >= 0.6 is 0 Å². The van der Waals surface area contributed by atoms with Crippen LogP contribution in [0.4, 0.5) is 17.1 Å². The van der Waals surface area contributed by atoms with Crippen molar-refractivity contribution in [2.24, 2.45) is 5.92 Å². The Morgan fingerprint density at radius 3 is 2.31 bits per heavy atom. The number of ether oxygens (including phenoxy) is 1. The number of nitrogens with one attached hydrogen (secondary N) is 1. The molecule has 1 aliphatic carbocycles. The number of fused-ring (bicyclic) bond motifs is 1. The van der Waals surface area contributed by atoms with E-state index in [9.17, 15) is 18.0 Å². The molecule has 8 nitrogen and oxygen atoms in total. The zero-order chi connectivity index (χ0) is 23.2. The third kappa shape index (κ3) is 4.29. The smallest absolute Gasteiger partial charge is 0.230 e. The van der Waals surface area contributed by atoms with Crippen molar-refractivity contribution in [3.8, 4) is 16.9 Å². The lowest BCUT2D eigenvalue weighted by molar-refractivity contribution is -0.120. The largest absolute Gasteiger partial charge is 0.495 e. The van der Waals surface area contributed by atoms with Crippen molar-refractivity contribution in [1.29, 1.82) is 0 Å². The molecule has 1 fully saturated rings. The van der Waals surface area contributed by atoms with Crippen LogP contribution in [-0.4, -0.2) is 46.2 Å². The molecule has 2 aromatic carbocycles. The molecule has 1 saturated carbocycles. The highest BCUT2D eigenvalue weighted by Crippen LogP contribution is 2.42. The lowest BCUT2D eigenvalue weighted by Crippen LogP contribution is -2.51. The average Bonchev–Trinajstić information content (AvgIpc) is 3.56. The normalized spacial score (nSPS) is 18.2. The van der Waals surface area contributed by atoms with E-state index in [1.54, 1.807) is 21.9 Å². The first-order valence-corrected chi connectivity index (χ1v) is 12.4. The monoisotopic (exact) mass is 457 g/mol. The zero-order valence-electron chi connectivity index (χ0n) is 18.6. The fourth-order valence-corrected chi connectivity index (χ4v) is 4.77. The third-order valence-electron chi connectivity index (χ3n) is 5.77. The molecule has 32 heavy (non-hydrogen) atoms. The Kier molecular flexibility index (Phi) is 5.62. The highest BCUT2D eigenvalue weighted by molar-refractivity contribution is 7.92. The van der Waals surface area contributed by atoms with Gasteiger partial charge in [-0.2, -0.15) is 0 Å². The molecule has 0 unspecified atom stereocenters. The Balaban J connectivity index is 1.81. The summed E-state index contributed by atoms with van der Waals surface area (Å²) in [6.45, 7) is 3.91. The van der Waals surface area contributed by atoms with Crippen molar-refractivity contribution in [3.63, 3.8) is 0 Å². The van der Waals surface area contributed by atoms with Gasteiger partial charge in [0.05, 0.1) is 36.5 Å². The van der Waals surface area contributed by atoms with E-state index < -0.39 is 10.0 Å². The Hall–Kier alpha value is -3.07. The molecule has 1 N–H and O–H groups in total. The summed E-state index contributed by atoms with van der Waals surface area (Å²) in [6.07, 6.45) is 2.87. The fraction of sp³-hybridized carbons (Fsp3) is 0.391. The van der Waals surface area contributed by atoms with Gasteiger partial charge in [-0.05, 0) is 55.2 Å². The lowest BCUT2D eigenvalue weighted by Gasteiger charge is -2.41.